The van der Waals surface area contributed by atoms with Crippen molar-refractivity contribution < 1.29 is 19.4 Å². The summed E-state index contributed by atoms with van der Waals surface area (Å²) in [5, 5.41) is 17.2. The molecule has 0 unspecified atom stereocenters. The summed E-state index contributed by atoms with van der Waals surface area (Å²) < 4.78 is 14.4. The molecule has 4 aromatic rings. The molecular formula is C31H38N6O4. The third-order valence-corrected chi connectivity index (χ3v) is 7.19. The van der Waals surface area contributed by atoms with Gasteiger partial charge in [-0.15, -0.1) is 0 Å². The maximum atomic E-state index is 12.7. The minimum absolute atomic E-state index is 0.111. The van der Waals surface area contributed by atoms with Gasteiger partial charge in [0.2, 0.25) is 11.8 Å². The Hall–Kier alpha value is -4.02. The number of hydrogen-bond donors (Lipinski definition) is 2. The van der Waals surface area contributed by atoms with Crippen molar-refractivity contribution in [1.82, 2.24) is 24.6 Å². The van der Waals surface area contributed by atoms with Crippen LogP contribution in [0.1, 0.15) is 44.7 Å². The summed E-state index contributed by atoms with van der Waals surface area (Å²) in [5.41, 5.74) is 3.06. The second-order valence-corrected chi connectivity index (χ2v) is 11.5. The summed E-state index contributed by atoms with van der Waals surface area (Å²) >= 11 is 0. The molecule has 3 heterocycles. The van der Waals surface area contributed by atoms with E-state index in [0.29, 0.717) is 23.9 Å². The highest BCUT2D eigenvalue weighted by atomic mass is 16.5. The van der Waals surface area contributed by atoms with Crippen LogP contribution in [0.15, 0.2) is 55.1 Å². The quantitative estimate of drug-likeness (QED) is 0.304. The molecule has 0 saturated carbocycles. The summed E-state index contributed by atoms with van der Waals surface area (Å²) in [6.07, 6.45) is 7.18. The fourth-order valence-electron chi connectivity index (χ4n) is 4.94. The number of carbonyl (C=O) groups is 1. The molecule has 0 aliphatic carbocycles. The molecule has 1 aliphatic heterocycles. The van der Waals surface area contributed by atoms with E-state index in [1.54, 1.807) is 6.20 Å². The number of amides is 1. The predicted molar refractivity (Wildman–Crippen MR) is 158 cm³/mol. The van der Waals surface area contributed by atoms with Gasteiger partial charge in [0.1, 0.15) is 23.9 Å². The summed E-state index contributed by atoms with van der Waals surface area (Å²) in [5.74, 6) is 1.75. The lowest BCUT2D eigenvalue weighted by molar-refractivity contribution is -0.115. The van der Waals surface area contributed by atoms with Crippen LogP contribution >= 0.6 is 0 Å². The van der Waals surface area contributed by atoms with E-state index in [0.717, 1.165) is 53.7 Å². The Balaban J connectivity index is 1.24. The number of aliphatic hydroxyl groups is 1. The average Bonchev–Trinajstić information content (AvgIpc) is 3.41. The summed E-state index contributed by atoms with van der Waals surface area (Å²) in [4.78, 5) is 23.7. The van der Waals surface area contributed by atoms with E-state index in [4.69, 9.17) is 9.47 Å². The molecule has 10 heteroatoms. The number of nitrogens with zero attached hydrogens (tertiary/aromatic N) is 5. The smallest absolute Gasteiger partial charge is 0.230 e. The number of aromatic nitrogens is 4. The van der Waals surface area contributed by atoms with Crippen molar-refractivity contribution in [3.05, 3.63) is 66.2 Å². The van der Waals surface area contributed by atoms with Crippen LogP contribution in [-0.2, 0) is 16.8 Å². The molecule has 216 valence electrons. The lowest BCUT2D eigenvalue weighted by atomic mass is 10.1. The molecule has 1 fully saturated rings. The highest BCUT2D eigenvalue weighted by Gasteiger charge is 2.21. The van der Waals surface area contributed by atoms with Gasteiger partial charge in [0.05, 0.1) is 41.4 Å². The first-order chi connectivity index (χ1) is 19.7. The number of ether oxygens (including phenoxy) is 2. The second-order valence-electron chi connectivity index (χ2n) is 11.5. The van der Waals surface area contributed by atoms with Crippen molar-refractivity contribution in [3.63, 3.8) is 0 Å². The number of piperidine rings is 1. The maximum absolute atomic E-state index is 12.7. The van der Waals surface area contributed by atoms with Crippen LogP contribution in [0.3, 0.4) is 0 Å². The zero-order chi connectivity index (χ0) is 29.0. The lowest BCUT2D eigenvalue weighted by Crippen LogP contribution is -2.39. The third-order valence-electron chi connectivity index (χ3n) is 7.19. The van der Waals surface area contributed by atoms with Crippen LogP contribution in [0.2, 0.25) is 0 Å². The van der Waals surface area contributed by atoms with Crippen molar-refractivity contribution >= 4 is 22.5 Å². The molecule has 10 nitrogen and oxygen atoms in total. The van der Waals surface area contributed by atoms with Crippen molar-refractivity contribution in [2.24, 2.45) is 0 Å². The van der Waals surface area contributed by atoms with Gasteiger partial charge in [0.15, 0.2) is 0 Å². The van der Waals surface area contributed by atoms with Crippen LogP contribution in [0.4, 0.5) is 5.69 Å². The number of aliphatic hydroxyl groups excluding tert-OH is 1. The zero-order valence-electron chi connectivity index (χ0n) is 24.1. The molecule has 1 amide bonds. The van der Waals surface area contributed by atoms with Crippen molar-refractivity contribution in [3.8, 4) is 17.4 Å². The van der Waals surface area contributed by atoms with Gasteiger partial charge in [-0.2, -0.15) is 5.10 Å². The average molecular weight is 559 g/mol. The monoisotopic (exact) mass is 558 g/mol. The van der Waals surface area contributed by atoms with Crippen LogP contribution < -0.4 is 14.8 Å². The Bertz CT molecular complexity index is 1500. The number of benzene rings is 2. The molecule has 41 heavy (non-hydrogen) atoms. The second kappa shape index (κ2) is 12.2. The molecule has 2 aromatic heterocycles. The fourth-order valence-corrected chi connectivity index (χ4v) is 4.94. The SMILES string of the molecule is Cc1cc(CC(=O)Nc2cnn(C(C)(C)C)c2)ccc1Oc1ncnc2ccc(OC3CCN(CCO)CC3)cc12. The molecule has 0 atom stereocenters. The third kappa shape index (κ3) is 7.20. The Labute approximate surface area is 240 Å². The molecule has 0 bridgehead atoms. The highest BCUT2D eigenvalue weighted by molar-refractivity contribution is 5.92. The van der Waals surface area contributed by atoms with Gasteiger partial charge in [0, 0.05) is 25.8 Å². The van der Waals surface area contributed by atoms with E-state index in [2.05, 4.69) is 46.1 Å². The first kappa shape index (κ1) is 28.5. The molecule has 5 rings (SSSR count). The van der Waals surface area contributed by atoms with Crippen LogP contribution in [0.5, 0.6) is 17.4 Å². The van der Waals surface area contributed by atoms with E-state index < -0.39 is 0 Å². The summed E-state index contributed by atoms with van der Waals surface area (Å²) in [6.45, 7) is 10.8. The molecule has 2 N–H and O–H groups in total. The minimum atomic E-state index is -0.154. The summed E-state index contributed by atoms with van der Waals surface area (Å²) in [6, 6.07) is 11.5. The number of likely N-dealkylation sites (tertiary alicyclic amines) is 1. The van der Waals surface area contributed by atoms with Gasteiger partial charge in [0.25, 0.3) is 0 Å². The van der Waals surface area contributed by atoms with Gasteiger partial charge in [-0.25, -0.2) is 9.97 Å². The molecule has 1 aliphatic rings. The zero-order valence-corrected chi connectivity index (χ0v) is 24.1. The van der Waals surface area contributed by atoms with Gasteiger partial charge in [-0.3, -0.25) is 9.48 Å². The number of nitrogens with one attached hydrogen (secondary N) is 1. The van der Waals surface area contributed by atoms with E-state index in [9.17, 15) is 9.90 Å². The van der Waals surface area contributed by atoms with Gasteiger partial charge in [-0.1, -0.05) is 12.1 Å². The maximum Gasteiger partial charge on any atom is 0.230 e. The highest BCUT2D eigenvalue weighted by Crippen LogP contribution is 2.32. The number of carbonyl (C=O) groups excluding carboxylic acids is 1. The number of β-amino-alcohol motifs (C(OH)–C–C–N with tert-alkyl or cyclic N) is 1. The number of rotatable bonds is 9. The lowest BCUT2D eigenvalue weighted by Gasteiger charge is -2.31. The normalized spacial score (nSPS) is 14.8. The minimum Gasteiger partial charge on any atom is -0.490 e. The Kier molecular flexibility index (Phi) is 8.51. The number of fused-ring (bicyclic) bond motifs is 1. The molecule has 0 spiro atoms. The van der Waals surface area contributed by atoms with E-state index >= 15 is 0 Å². The van der Waals surface area contributed by atoms with Gasteiger partial charge < -0.3 is 24.8 Å². The standard InChI is InChI=1S/C31H38N6O4/c1-21-15-22(16-29(39)35-23-18-34-37(19-23)31(2,3)4)5-8-28(21)41-30-26-17-25(6-7-27(26)32-20-33-30)40-24-9-11-36(12-10-24)13-14-38/h5-8,15,17-20,24,38H,9-14,16H2,1-4H3,(H,35,39). The molecule has 1 saturated heterocycles. The first-order valence-electron chi connectivity index (χ1n) is 14.0. The van der Waals surface area contributed by atoms with Gasteiger partial charge in [-0.05, 0) is 75.9 Å². The largest absolute Gasteiger partial charge is 0.490 e. The van der Waals surface area contributed by atoms with Crippen molar-refractivity contribution in [2.75, 3.05) is 31.6 Å². The van der Waals surface area contributed by atoms with Crippen LogP contribution in [-0.4, -0.2) is 68.0 Å². The Morgan fingerprint density at radius 2 is 1.93 bits per heavy atom. The predicted octanol–water partition coefficient (Wildman–Crippen LogP) is 4.70. The van der Waals surface area contributed by atoms with Crippen LogP contribution in [0, 0.1) is 6.92 Å². The molecule has 0 radical (unpaired) electrons. The summed E-state index contributed by atoms with van der Waals surface area (Å²) in [7, 11) is 0. The van der Waals surface area contributed by atoms with Gasteiger partial charge >= 0.3 is 0 Å². The number of aryl methyl sites for hydroxylation is 1. The van der Waals surface area contributed by atoms with Crippen LogP contribution in [0.25, 0.3) is 10.9 Å². The first-order valence-corrected chi connectivity index (χ1v) is 14.0. The Morgan fingerprint density at radius 3 is 2.63 bits per heavy atom. The Morgan fingerprint density at radius 1 is 1.12 bits per heavy atom. The van der Waals surface area contributed by atoms with Crippen molar-refractivity contribution in [1.29, 1.82) is 0 Å². The topological polar surface area (TPSA) is 115 Å². The van der Waals surface area contributed by atoms with E-state index in [1.807, 2.05) is 54.2 Å². The van der Waals surface area contributed by atoms with Crippen molar-refractivity contribution in [2.45, 2.75) is 58.6 Å². The fraction of sp³-hybridized carbons (Fsp3) is 0.419. The number of anilines is 1. The van der Waals surface area contributed by atoms with E-state index in [-0.39, 0.29) is 30.6 Å². The van der Waals surface area contributed by atoms with E-state index in [1.165, 1.54) is 6.33 Å². The molecular weight excluding hydrogens is 520 g/mol. The molecule has 2 aromatic carbocycles. The number of hydrogen-bond acceptors (Lipinski definition) is 8.